The Morgan fingerprint density at radius 1 is 1.08 bits per heavy atom. The molecule has 0 saturated carbocycles. The second-order valence-corrected chi connectivity index (χ2v) is 6.27. The van der Waals surface area contributed by atoms with E-state index >= 15 is 0 Å². The maximum absolute atomic E-state index is 13.2. The highest BCUT2D eigenvalue weighted by Crippen LogP contribution is 2.24. The van der Waals surface area contributed by atoms with Gasteiger partial charge in [0.15, 0.2) is 11.6 Å². The monoisotopic (exact) mass is 348 g/mol. The number of thioether (sulfide) groups is 1. The molecule has 0 aromatic heterocycles. The molecule has 0 radical (unpaired) electrons. The lowest BCUT2D eigenvalue weighted by Crippen LogP contribution is -2.44. The van der Waals surface area contributed by atoms with Crippen LogP contribution in [0, 0.1) is 11.6 Å². The zero-order chi connectivity index (χ0) is 17.1. The maximum Gasteiger partial charge on any atom is 0.255 e. The molecule has 2 aromatic rings. The van der Waals surface area contributed by atoms with E-state index in [1.165, 1.54) is 22.7 Å². The van der Waals surface area contributed by atoms with E-state index in [2.05, 4.69) is 5.32 Å². The number of anilines is 1. The van der Waals surface area contributed by atoms with Gasteiger partial charge in [0.2, 0.25) is 5.91 Å². The van der Waals surface area contributed by atoms with Crippen LogP contribution in [0.5, 0.6) is 0 Å². The van der Waals surface area contributed by atoms with Crippen LogP contribution in [-0.4, -0.2) is 34.4 Å². The summed E-state index contributed by atoms with van der Waals surface area (Å²) in [5.74, 6) is -1.81. The fourth-order valence-corrected chi connectivity index (χ4v) is 3.56. The first kappa shape index (κ1) is 16.4. The zero-order valence-electron chi connectivity index (χ0n) is 12.5. The van der Waals surface area contributed by atoms with Gasteiger partial charge in [-0.1, -0.05) is 18.2 Å². The van der Waals surface area contributed by atoms with Gasteiger partial charge in [-0.15, -0.1) is 11.8 Å². The molecule has 3 rings (SSSR count). The number of carbonyl (C=O) groups is 2. The Morgan fingerprint density at radius 2 is 1.83 bits per heavy atom. The molecule has 24 heavy (non-hydrogen) atoms. The maximum atomic E-state index is 13.2. The van der Waals surface area contributed by atoms with Crippen molar-refractivity contribution in [3.8, 4) is 0 Å². The van der Waals surface area contributed by atoms with Crippen molar-refractivity contribution in [1.29, 1.82) is 0 Å². The van der Waals surface area contributed by atoms with Gasteiger partial charge in [0.25, 0.3) is 5.91 Å². The molecular weight excluding hydrogens is 334 g/mol. The molecule has 1 fully saturated rings. The number of amides is 2. The number of benzene rings is 2. The number of halogens is 2. The molecule has 124 valence electrons. The van der Waals surface area contributed by atoms with Crippen LogP contribution < -0.4 is 5.32 Å². The van der Waals surface area contributed by atoms with E-state index in [0.29, 0.717) is 17.2 Å². The van der Waals surface area contributed by atoms with E-state index in [4.69, 9.17) is 0 Å². The third-order valence-electron chi connectivity index (χ3n) is 3.65. The van der Waals surface area contributed by atoms with E-state index in [1.54, 1.807) is 24.3 Å². The molecule has 4 nitrogen and oxygen atoms in total. The van der Waals surface area contributed by atoms with Gasteiger partial charge >= 0.3 is 0 Å². The molecule has 2 aromatic carbocycles. The lowest BCUT2D eigenvalue weighted by atomic mass is 10.1. The summed E-state index contributed by atoms with van der Waals surface area (Å²) in [5, 5.41) is 2.54. The van der Waals surface area contributed by atoms with Gasteiger partial charge < -0.3 is 10.2 Å². The first-order chi connectivity index (χ1) is 11.6. The van der Waals surface area contributed by atoms with Gasteiger partial charge in [-0.3, -0.25) is 9.59 Å². The highest BCUT2D eigenvalue weighted by Gasteiger charge is 2.35. The highest BCUT2D eigenvalue weighted by molar-refractivity contribution is 7.99. The van der Waals surface area contributed by atoms with Crippen LogP contribution in [0.3, 0.4) is 0 Å². The standard InChI is InChI=1S/C17H14F2N2O2S/c18-13-7-6-12(8-14(13)19)20-16(22)15-9-24-10-21(15)17(23)11-4-2-1-3-5-11/h1-8,15H,9-10H2,(H,20,22). The van der Waals surface area contributed by atoms with Crippen LogP contribution in [0.1, 0.15) is 10.4 Å². The molecule has 1 aliphatic heterocycles. The van der Waals surface area contributed by atoms with Gasteiger partial charge in [-0.25, -0.2) is 8.78 Å². The molecule has 7 heteroatoms. The second-order valence-electron chi connectivity index (χ2n) is 5.27. The Balaban J connectivity index is 1.74. The summed E-state index contributed by atoms with van der Waals surface area (Å²) in [6.45, 7) is 0. The predicted octanol–water partition coefficient (Wildman–Crippen LogP) is 3.12. The molecule has 0 spiro atoms. The summed E-state index contributed by atoms with van der Waals surface area (Å²) in [6.07, 6.45) is 0. The molecule has 1 saturated heterocycles. The summed E-state index contributed by atoms with van der Waals surface area (Å²) in [5.41, 5.74) is 0.661. The van der Waals surface area contributed by atoms with E-state index in [-0.39, 0.29) is 11.6 Å². The third kappa shape index (κ3) is 3.41. The van der Waals surface area contributed by atoms with E-state index in [1.807, 2.05) is 6.07 Å². The normalized spacial score (nSPS) is 16.9. The molecule has 1 unspecified atom stereocenters. The number of hydrogen-bond acceptors (Lipinski definition) is 3. The summed E-state index contributed by atoms with van der Waals surface area (Å²) in [6, 6.07) is 11.2. The Morgan fingerprint density at radius 3 is 2.54 bits per heavy atom. The molecule has 1 N–H and O–H groups in total. The van der Waals surface area contributed by atoms with Crippen molar-refractivity contribution in [2.24, 2.45) is 0 Å². The molecule has 2 amide bonds. The Labute approximate surface area is 141 Å². The number of carbonyl (C=O) groups excluding carboxylic acids is 2. The zero-order valence-corrected chi connectivity index (χ0v) is 13.4. The molecular formula is C17H14F2N2O2S. The lowest BCUT2D eigenvalue weighted by Gasteiger charge is -2.23. The molecule has 0 aliphatic carbocycles. The summed E-state index contributed by atoms with van der Waals surface area (Å²) < 4.78 is 26.2. The third-order valence-corrected chi connectivity index (χ3v) is 4.67. The second kappa shape index (κ2) is 7.00. The predicted molar refractivity (Wildman–Crippen MR) is 88.7 cm³/mol. The Bertz CT molecular complexity index is 770. The Hall–Kier alpha value is -2.41. The first-order valence-corrected chi connectivity index (χ1v) is 8.41. The van der Waals surface area contributed by atoms with Crippen molar-refractivity contribution >= 4 is 29.3 Å². The van der Waals surface area contributed by atoms with E-state index < -0.39 is 23.6 Å². The van der Waals surface area contributed by atoms with Crippen molar-refractivity contribution in [2.45, 2.75) is 6.04 Å². The van der Waals surface area contributed by atoms with Gasteiger partial charge in [0.1, 0.15) is 6.04 Å². The smallest absolute Gasteiger partial charge is 0.255 e. The van der Waals surface area contributed by atoms with Crippen molar-refractivity contribution in [3.63, 3.8) is 0 Å². The minimum atomic E-state index is -1.04. The molecule has 1 heterocycles. The van der Waals surface area contributed by atoms with Crippen molar-refractivity contribution in [1.82, 2.24) is 4.90 Å². The van der Waals surface area contributed by atoms with Crippen LogP contribution in [0.4, 0.5) is 14.5 Å². The number of nitrogens with zero attached hydrogens (tertiary/aromatic N) is 1. The van der Waals surface area contributed by atoms with Gasteiger partial charge in [-0.2, -0.15) is 0 Å². The lowest BCUT2D eigenvalue weighted by molar-refractivity contribution is -0.119. The SMILES string of the molecule is O=C(Nc1ccc(F)c(F)c1)C1CSCN1C(=O)c1ccccc1. The minimum Gasteiger partial charge on any atom is -0.324 e. The number of hydrogen-bond donors (Lipinski definition) is 1. The fraction of sp³-hybridized carbons (Fsp3) is 0.176. The van der Waals surface area contributed by atoms with Crippen molar-refractivity contribution in [2.75, 3.05) is 16.9 Å². The summed E-state index contributed by atoms with van der Waals surface area (Å²) in [7, 11) is 0. The number of nitrogens with one attached hydrogen (secondary N) is 1. The Kier molecular flexibility index (Phi) is 4.80. The minimum absolute atomic E-state index is 0.155. The fourth-order valence-electron chi connectivity index (χ4n) is 2.41. The van der Waals surface area contributed by atoms with Crippen molar-refractivity contribution in [3.05, 3.63) is 65.7 Å². The van der Waals surface area contributed by atoms with Crippen molar-refractivity contribution < 1.29 is 18.4 Å². The summed E-state index contributed by atoms with van der Waals surface area (Å²) in [4.78, 5) is 26.4. The summed E-state index contributed by atoms with van der Waals surface area (Å²) >= 11 is 1.47. The average Bonchev–Trinajstić information content (AvgIpc) is 3.08. The van der Waals surface area contributed by atoms with Gasteiger partial charge in [-0.05, 0) is 24.3 Å². The van der Waals surface area contributed by atoms with Crippen LogP contribution in [0.2, 0.25) is 0 Å². The van der Waals surface area contributed by atoms with Crippen LogP contribution in [0.25, 0.3) is 0 Å². The van der Waals surface area contributed by atoms with Crippen LogP contribution >= 0.6 is 11.8 Å². The van der Waals surface area contributed by atoms with E-state index in [0.717, 1.165) is 12.1 Å². The van der Waals surface area contributed by atoms with Gasteiger partial charge in [0, 0.05) is 23.1 Å². The number of rotatable bonds is 3. The van der Waals surface area contributed by atoms with Crippen LogP contribution in [-0.2, 0) is 4.79 Å². The molecule has 0 bridgehead atoms. The quantitative estimate of drug-likeness (QED) is 0.927. The topological polar surface area (TPSA) is 49.4 Å². The first-order valence-electron chi connectivity index (χ1n) is 7.26. The highest BCUT2D eigenvalue weighted by atomic mass is 32.2. The van der Waals surface area contributed by atoms with Gasteiger partial charge in [0.05, 0.1) is 5.88 Å². The largest absolute Gasteiger partial charge is 0.324 e. The molecule has 1 aliphatic rings. The average molecular weight is 348 g/mol. The van der Waals surface area contributed by atoms with Crippen LogP contribution in [0.15, 0.2) is 48.5 Å². The van der Waals surface area contributed by atoms with E-state index in [9.17, 15) is 18.4 Å². The molecule has 1 atom stereocenters.